The number of nitriles is 1. The topological polar surface area (TPSA) is 81.7 Å². The smallest absolute Gasteiger partial charge is 0.342 e. The minimum atomic E-state index is -4.95. The summed E-state index contributed by atoms with van der Waals surface area (Å²) in [5, 5.41) is 9.13. The van der Waals surface area contributed by atoms with Crippen molar-refractivity contribution in [2.24, 2.45) is 0 Å². The molecule has 0 bridgehead atoms. The Morgan fingerprint density at radius 1 is 0.900 bits per heavy atom. The van der Waals surface area contributed by atoms with E-state index in [1.54, 1.807) is 19.1 Å². The highest BCUT2D eigenvalue weighted by molar-refractivity contribution is 6.00. The molecule has 2 aromatic heterocycles. The number of hydrogen-bond acceptors (Lipinski definition) is 5. The monoisotopic (exact) mass is 545 g/mol. The number of benzene rings is 2. The summed E-state index contributed by atoms with van der Waals surface area (Å²) >= 11 is 0. The number of halogens is 3. The van der Waals surface area contributed by atoms with Crippen LogP contribution in [-0.2, 0) is 11.3 Å². The molecule has 1 aliphatic heterocycles. The molecule has 0 unspecified atom stereocenters. The Morgan fingerprint density at radius 2 is 1.57 bits per heavy atom. The van der Waals surface area contributed by atoms with E-state index in [9.17, 15) is 22.8 Å². The van der Waals surface area contributed by atoms with Crippen LogP contribution in [0.5, 0.6) is 0 Å². The molecule has 1 aliphatic rings. The Bertz CT molecular complexity index is 1600. The Balaban J connectivity index is 1.56. The van der Waals surface area contributed by atoms with E-state index in [1.165, 1.54) is 24.3 Å². The van der Waals surface area contributed by atoms with Crippen LogP contribution in [0.1, 0.15) is 35.0 Å². The second-order valence-electron chi connectivity index (χ2n) is 9.78. The molecule has 1 saturated heterocycles. The summed E-state index contributed by atoms with van der Waals surface area (Å²) in [6, 6.07) is 18.5. The van der Waals surface area contributed by atoms with E-state index in [4.69, 9.17) is 10.2 Å². The van der Waals surface area contributed by atoms with Gasteiger partial charge < -0.3 is 9.30 Å². The average Bonchev–Trinajstić information content (AvgIpc) is 3.12. The second kappa shape index (κ2) is 10.9. The average molecular weight is 546 g/mol. The van der Waals surface area contributed by atoms with Crippen LogP contribution in [0.4, 0.5) is 13.2 Å². The van der Waals surface area contributed by atoms with Gasteiger partial charge in [0.2, 0.25) is 5.91 Å². The highest BCUT2D eigenvalue weighted by Gasteiger charge is 2.39. The van der Waals surface area contributed by atoms with Crippen LogP contribution in [0.25, 0.3) is 28.0 Å². The van der Waals surface area contributed by atoms with E-state index in [1.807, 2.05) is 39.8 Å². The number of aromatic nitrogens is 2. The lowest BCUT2D eigenvalue weighted by Gasteiger charge is -2.21. The predicted octanol–water partition coefficient (Wildman–Crippen LogP) is 5.34. The zero-order valence-corrected chi connectivity index (χ0v) is 21.8. The summed E-state index contributed by atoms with van der Waals surface area (Å²) < 4.78 is 40.8. The van der Waals surface area contributed by atoms with Crippen molar-refractivity contribution in [3.8, 4) is 28.5 Å². The number of carbonyl (C=O) groups is 2. The molecule has 7 nitrogen and oxygen atoms in total. The van der Waals surface area contributed by atoms with Crippen LogP contribution in [-0.4, -0.2) is 63.2 Å². The highest BCUT2D eigenvalue weighted by Crippen LogP contribution is 2.30. The first-order chi connectivity index (χ1) is 19.1. The zero-order valence-electron chi connectivity index (χ0n) is 21.8. The van der Waals surface area contributed by atoms with Gasteiger partial charge in [0.25, 0.3) is 5.78 Å². The quantitative estimate of drug-likeness (QED) is 0.316. The Labute approximate surface area is 229 Å². The molecule has 1 amide bonds. The molecule has 0 radical (unpaired) electrons. The number of Topliss-reactive ketones (excluding diaryl/α,β-unsaturated/α-hetero) is 1. The second-order valence-corrected chi connectivity index (χ2v) is 9.78. The van der Waals surface area contributed by atoms with Crippen LogP contribution in [0.2, 0.25) is 0 Å². The molecule has 0 spiro atoms. The fourth-order valence-corrected chi connectivity index (χ4v) is 4.98. The van der Waals surface area contributed by atoms with Crippen molar-refractivity contribution in [3.05, 3.63) is 83.7 Å². The van der Waals surface area contributed by atoms with Gasteiger partial charge in [-0.25, -0.2) is 4.98 Å². The first-order valence-electron chi connectivity index (χ1n) is 12.9. The molecule has 0 aliphatic carbocycles. The molecule has 10 heteroatoms. The van der Waals surface area contributed by atoms with E-state index in [0.29, 0.717) is 48.6 Å². The number of hydrogen-bond donors (Lipinski definition) is 0. The fourth-order valence-electron chi connectivity index (χ4n) is 4.98. The van der Waals surface area contributed by atoms with Gasteiger partial charge in [0.05, 0.1) is 23.0 Å². The van der Waals surface area contributed by atoms with E-state index >= 15 is 0 Å². The van der Waals surface area contributed by atoms with Crippen molar-refractivity contribution in [2.75, 3.05) is 26.2 Å². The first kappa shape index (κ1) is 27.1. The summed E-state index contributed by atoms with van der Waals surface area (Å²) in [5.74, 6) is -1.85. The van der Waals surface area contributed by atoms with E-state index in [-0.39, 0.29) is 5.91 Å². The van der Waals surface area contributed by atoms with Crippen molar-refractivity contribution in [3.63, 3.8) is 0 Å². The van der Waals surface area contributed by atoms with E-state index < -0.39 is 17.5 Å². The standard InChI is InChI=1S/C30H26F3N5O2/c1-20(39)37-14-2-13-36(15-16-37)19-26-28(23-7-9-24(10-8-23)29(40)30(31,32)33)35-27-12-11-25(18-38(26)27)22-5-3-21(17-34)4-6-22/h3-12,18H,2,13-16,19H2,1H3. The van der Waals surface area contributed by atoms with Crippen LogP contribution in [0.3, 0.4) is 0 Å². The van der Waals surface area contributed by atoms with Crippen molar-refractivity contribution in [1.29, 1.82) is 5.26 Å². The maximum atomic E-state index is 12.9. The summed E-state index contributed by atoms with van der Waals surface area (Å²) in [7, 11) is 0. The van der Waals surface area contributed by atoms with Crippen molar-refractivity contribution in [2.45, 2.75) is 26.1 Å². The molecule has 2 aromatic carbocycles. The molecule has 40 heavy (non-hydrogen) atoms. The van der Waals surface area contributed by atoms with E-state index in [0.717, 1.165) is 29.8 Å². The highest BCUT2D eigenvalue weighted by atomic mass is 19.4. The molecular formula is C30H26F3N5O2. The van der Waals surface area contributed by atoms with Crippen molar-refractivity contribution >= 4 is 17.3 Å². The molecule has 0 N–H and O–H groups in total. The van der Waals surface area contributed by atoms with Gasteiger partial charge in [-0.3, -0.25) is 14.5 Å². The number of carbonyl (C=O) groups excluding carboxylic acids is 2. The van der Waals surface area contributed by atoms with Crippen LogP contribution in [0.15, 0.2) is 66.9 Å². The summed E-state index contributed by atoms with van der Waals surface area (Å²) in [6.45, 7) is 4.79. The number of nitrogens with zero attached hydrogens (tertiary/aromatic N) is 5. The molecule has 4 aromatic rings. The SMILES string of the molecule is CC(=O)N1CCCN(Cc2c(-c3ccc(C(=O)C(F)(F)F)cc3)nc3ccc(-c4ccc(C#N)cc4)cn23)CC1. The number of amides is 1. The summed E-state index contributed by atoms with van der Waals surface area (Å²) in [5.41, 5.74) is 4.67. The third-order valence-corrected chi connectivity index (χ3v) is 7.15. The Morgan fingerprint density at radius 3 is 2.23 bits per heavy atom. The molecule has 1 fully saturated rings. The normalized spacial score (nSPS) is 14.6. The third kappa shape index (κ3) is 5.60. The maximum Gasteiger partial charge on any atom is 0.454 e. The van der Waals surface area contributed by atoms with Gasteiger partial charge in [0.1, 0.15) is 5.65 Å². The minimum absolute atomic E-state index is 0.0397. The predicted molar refractivity (Wildman–Crippen MR) is 143 cm³/mol. The lowest BCUT2D eigenvalue weighted by molar-refractivity contribution is -0.128. The largest absolute Gasteiger partial charge is 0.454 e. The molecular weight excluding hydrogens is 519 g/mol. The molecule has 0 atom stereocenters. The number of fused-ring (bicyclic) bond motifs is 1. The number of imidazole rings is 1. The van der Waals surface area contributed by atoms with Gasteiger partial charge in [0, 0.05) is 57.0 Å². The van der Waals surface area contributed by atoms with Gasteiger partial charge in [-0.1, -0.05) is 36.4 Å². The lowest BCUT2D eigenvalue weighted by atomic mass is 10.0. The number of rotatable bonds is 5. The number of pyridine rings is 1. The van der Waals surface area contributed by atoms with Crippen LogP contribution >= 0.6 is 0 Å². The van der Waals surface area contributed by atoms with Crippen molar-refractivity contribution < 1.29 is 22.8 Å². The first-order valence-corrected chi connectivity index (χ1v) is 12.9. The van der Waals surface area contributed by atoms with Gasteiger partial charge in [0.15, 0.2) is 0 Å². The third-order valence-electron chi connectivity index (χ3n) is 7.15. The van der Waals surface area contributed by atoms with Gasteiger partial charge in [-0.05, 0) is 41.8 Å². The fraction of sp³-hybridized carbons (Fsp3) is 0.267. The number of alkyl halides is 3. The molecule has 5 rings (SSSR count). The van der Waals surface area contributed by atoms with E-state index in [2.05, 4.69) is 11.0 Å². The molecule has 3 heterocycles. The van der Waals surface area contributed by atoms with Crippen LogP contribution < -0.4 is 0 Å². The zero-order chi connectivity index (χ0) is 28.4. The minimum Gasteiger partial charge on any atom is -0.342 e. The summed E-state index contributed by atoms with van der Waals surface area (Å²) in [6.07, 6.45) is -2.17. The maximum absolute atomic E-state index is 12.9. The van der Waals surface area contributed by atoms with Crippen molar-refractivity contribution in [1.82, 2.24) is 19.2 Å². The Kier molecular flexibility index (Phi) is 7.41. The van der Waals surface area contributed by atoms with Gasteiger partial charge in [-0.2, -0.15) is 18.4 Å². The number of ketones is 1. The lowest BCUT2D eigenvalue weighted by Crippen LogP contribution is -2.33. The van der Waals surface area contributed by atoms with Gasteiger partial charge >= 0.3 is 6.18 Å². The molecule has 0 saturated carbocycles. The van der Waals surface area contributed by atoms with Gasteiger partial charge in [-0.15, -0.1) is 0 Å². The Hall–Kier alpha value is -4.49. The van der Waals surface area contributed by atoms with Crippen LogP contribution in [0, 0.1) is 11.3 Å². The molecule has 204 valence electrons. The summed E-state index contributed by atoms with van der Waals surface area (Å²) in [4.78, 5) is 32.5.